The van der Waals surface area contributed by atoms with Crippen LogP contribution in [0.2, 0.25) is 0 Å². The number of nitrogens with two attached hydrogens (primary N) is 1. The third kappa shape index (κ3) is 4.84. The molecule has 0 aliphatic rings. The first kappa shape index (κ1) is 11.5. The van der Waals surface area contributed by atoms with Gasteiger partial charge in [0.05, 0.1) is 0 Å². The van der Waals surface area contributed by atoms with E-state index in [-0.39, 0.29) is 40.6 Å². The zero-order chi connectivity index (χ0) is 5.86. The summed E-state index contributed by atoms with van der Waals surface area (Å²) in [6, 6.07) is -0.681. The van der Waals surface area contributed by atoms with Gasteiger partial charge in [0, 0.05) is 0 Å². The molecule has 46 valence electrons. The van der Waals surface area contributed by atoms with Crippen molar-refractivity contribution >= 4 is 43.7 Å². The molecule has 0 rings (SSSR count). The van der Waals surface area contributed by atoms with E-state index in [0.29, 0.717) is 6.42 Å². The molecule has 0 aromatic rings. The van der Waals surface area contributed by atoms with Crippen LogP contribution in [0, 0.1) is 0 Å². The molecule has 0 heterocycles. The van der Waals surface area contributed by atoms with Crippen LogP contribution in [0.15, 0.2) is 0 Å². The smallest absolute Gasteiger partial charge is 1.00 e. The van der Waals surface area contributed by atoms with E-state index in [2.05, 4.69) is 0 Å². The predicted molar refractivity (Wildman–Crippen MR) is 33.9 cm³/mol. The Labute approximate surface area is 81.2 Å². The van der Waals surface area contributed by atoms with Crippen molar-refractivity contribution in [1.29, 1.82) is 0 Å². The molecule has 0 bridgehead atoms. The Kier molecular flexibility index (Phi) is 8.35. The number of carboxylic acid groups (broad SMARTS) is 1. The molecule has 1 unspecified atom stereocenters. The second kappa shape index (κ2) is 5.82. The minimum Gasteiger partial charge on any atom is -1.00 e. The zero-order valence-electron chi connectivity index (χ0n) is 6.92. The third-order valence-corrected chi connectivity index (χ3v) is 0.757. The van der Waals surface area contributed by atoms with Crippen molar-refractivity contribution in [3.8, 4) is 0 Å². The molecule has 3 N–H and O–H groups in total. The average Bonchev–Trinajstić information content (AvgIpc) is 1.65. The van der Waals surface area contributed by atoms with Crippen LogP contribution in [0.4, 0.5) is 0 Å². The monoisotopic (exact) mass is 145 g/mol. The summed E-state index contributed by atoms with van der Waals surface area (Å²) in [7, 11) is 0. The number of hydrogen-bond donors (Lipinski definition) is 2. The molecule has 0 amide bonds. The summed E-state index contributed by atoms with van der Waals surface area (Å²) in [5.74, 6) is -0.928. The van der Waals surface area contributed by atoms with E-state index in [1.54, 1.807) is 6.92 Å². The van der Waals surface area contributed by atoms with Gasteiger partial charge >= 0.3 is 43.7 Å². The fraction of sp³-hybridized carbons (Fsp3) is 0.750. The SMILES string of the molecule is CCC(N)C(=O)O.[Ca+2].[H-].[H-]. The fourth-order valence-electron chi connectivity index (χ4n) is 0.175. The van der Waals surface area contributed by atoms with Crippen molar-refractivity contribution in [2.24, 2.45) is 5.73 Å². The van der Waals surface area contributed by atoms with Gasteiger partial charge in [0.25, 0.3) is 0 Å². The van der Waals surface area contributed by atoms with Crippen LogP contribution in [-0.2, 0) is 4.79 Å². The summed E-state index contributed by atoms with van der Waals surface area (Å²) in [4.78, 5) is 9.81. The van der Waals surface area contributed by atoms with Gasteiger partial charge in [0.15, 0.2) is 0 Å². The minimum absolute atomic E-state index is 0. The zero-order valence-corrected chi connectivity index (χ0v) is 7.13. The number of carboxylic acids is 1. The molecule has 0 aliphatic heterocycles. The summed E-state index contributed by atoms with van der Waals surface area (Å²) < 4.78 is 0. The van der Waals surface area contributed by atoms with Crippen LogP contribution in [0.5, 0.6) is 0 Å². The summed E-state index contributed by atoms with van der Waals surface area (Å²) in [6.07, 6.45) is 0.495. The molecule has 0 spiro atoms. The van der Waals surface area contributed by atoms with Crippen LogP contribution in [0.3, 0.4) is 0 Å². The first-order valence-corrected chi connectivity index (χ1v) is 2.17. The average molecular weight is 145 g/mol. The Bertz CT molecular complexity index is 83.7. The molecule has 1 atom stereocenters. The van der Waals surface area contributed by atoms with Crippen molar-refractivity contribution in [3.05, 3.63) is 0 Å². The maximum atomic E-state index is 9.81. The molecule has 0 fully saturated rings. The van der Waals surface area contributed by atoms with Crippen molar-refractivity contribution in [2.75, 3.05) is 0 Å². The van der Waals surface area contributed by atoms with E-state index in [4.69, 9.17) is 10.8 Å². The van der Waals surface area contributed by atoms with Crippen molar-refractivity contribution in [2.45, 2.75) is 19.4 Å². The Hall–Kier alpha value is 0.690. The maximum Gasteiger partial charge on any atom is 2.00 e. The molecular weight excluding hydrogens is 134 g/mol. The molecule has 3 nitrogen and oxygen atoms in total. The molecule has 0 saturated carbocycles. The second-order valence-electron chi connectivity index (χ2n) is 1.35. The summed E-state index contributed by atoms with van der Waals surface area (Å²) in [5, 5.41) is 8.06. The molecule has 0 radical (unpaired) electrons. The van der Waals surface area contributed by atoms with Gasteiger partial charge in [-0.2, -0.15) is 0 Å². The Morgan fingerprint density at radius 3 is 2.38 bits per heavy atom. The van der Waals surface area contributed by atoms with Crippen LogP contribution in [0.1, 0.15) is 16.2 Å². The van der Waals surface area contributed by atoms with Crippen molar-refractivity contribution in [3.63, 3.8) is 0 Å². The molecule has 0 aromatic heterocycles. The molecule has 0 aliphatic carbocycles. The van der Waals surface area contributed by atoms with Gasteiger partial charge in [-0.3, -0.25) is 4.79 Å². The first-order chi connectivity index (χ1) is 3.18. The number of aliphatic carboxylic acids is 1. The molecular formula is C4H11CaNO2. The normalized spacial score (nSPS) is 11.8. The van der Waals surface area contributed by atoms with Crippen molar-refractivity contribution < 1.29 is 12.8 Å². The van der Waals surface area contributed by atoms with Gasteiger partial charge in [0.2, 0.25) is 0 Å². The van der Waals surface area contributed by atoms with Crippen molar-refractivity contribution in [1.82, 2.24) is 0 Å². The molecule has 0 aromatic carbocycles. The Balaban J connectivity index is -0.0000000600. The predicted octanol–water partition coefficient (Wildman–Crippen LogP) is -0.348. The Morgan fingerprint density at radius 1 is 2.00 bits per heavy atom. The summed E-state index contributed by atoms with van der Waals surface area (Å²) in [5.41, 5.74) is 5.02. The second-order valence-corrected chi connectivity index (χ2v) is 1.35. The Morgan fingerprint density at radius 2 is 2.38 bits per heavy atom. The van der Waals surface area contributed by atoms with Gasteiger partial charge in [-0.15, -0.1) is 0 Å². The van der Waals surface area contributed by atoms with Crippen LogP contribution in [0.25, 0.3) is 0 Å². The minimum atomic E-state index is -0.928. The van der Waals surface area contributed by atoms with Gasteiger partial charge in [0.1, 0.15) is 6.04 Å². The van der Waals surface area contributed by atoms with Crippen LogP contribution < -0.4 is 5.73 Å². The number of hydrogen-bond acceptors (Lipinski definition) is 2. The van der Waals surface area contributed by atoms with E-state index in [0.717, 1.165) is 0 Å². The fourth-order valence-corrected chi connectivity index (χ4v) is 0.175. The topological polar surface area (TPSA) is 63.3 Å². The molecule has 8 heavy (non-hydrogen) atoms. The number of carbonyl (C=O) groups is 1. The van der Waals surface area contributed by atoms with E-state index in [1.165, 1.54) is 0 Å². The third-order valence-electron chi connectivity index (χ3n) is 0.757. The van der Waals surface area contributed by atoms with E-state index in [9.17, 15) is 4.79 Å². The van der Waals surface area contributed by atoms with Gasteiger partial charge in [-0.05, 0) is 6.42 Å². The van der Waals surface area contributed by atoms with Gasteiger partial charge < -0.3 is 13.7 Å². The summed E-state index contributed by atoms with van der Waals surface area (Å²) in [6.45, 7) is 1.73. The largest absolute Gasteiger partial charge is 2.00 e. The van der Waals surface area contributed by atoms with Gasteiger partial charge in [-0.25, -0.2) is 0 Å². The maximum absolute atomic E-state index is 9.81. The first-order valence-electron chi connectivity index (χ1n) is 2.17. The van der Waals surface area contributed by atoms with E-state index >= 15 is 0 Å². The molecule has 4 heteroatoms. The van der Waals surface area contributed by atoms with Crippen LogP contribution in [-0.4, -0.2) is 54.9 Å². The summed E-state index contributed by atoms with van der Waals surface area (Å²) >= 11 is 0. The molecule has 0 saturated heterocycles. The van der Waals surface area contributed by atoms with Crippen LogP contribution >= 0.6 is 0 Å². The van der Waals surface area contributed by atoms with E-state index < -0.39 is 12.0 Å². The standard InChI is InChI=1S/C4H9NO2.Ca.2H/c1-2-3(5)4(6)7;;;/h3H,2,5H2,1H3,(H,6,7);;;/q;+2;2*-1. The quantitative estimate of drug-likeness (QED) is 0.522. The van der Waals surface area contributed by atoms with E-state index in [1.807, 2.05) is 0 Å². The number of rotatable bonds is 2. The van der Waals surface area contributed by atoms with Gasteiger partial charge in [-0.1, -0.05) is 6.92 Å².